The summed E-state index contributed by atoms with van der Waals surface area (Å²) in [5.74, 6) is 0.572. The van der Waals surface area contributed by atoms with Gasteiger partial charge < -0.3 is 5.32 Å². The highest BCUT2D eigenvalue weighted by Gasteiger charge is 2.11. The maximum atomic E-state index is 11.2. The summed E-state index contributed by atoms with van der Waals surface area (Å²) in [5, 5.41) is 9.20. The van der Waals surface area contributed by atoms with Crippen LogP contribution in [0, 0.1) is 6.92 Å². The number of halogens is 1. The number of fused-ring (bicyclic) bond motifs is 1. The molecule has 0 aliphatic rings. The smallest absolute Gasteiger partial charge is 0.238 e. The zero-order chi connectivity index (χ0) is 15.9. The van der Waals surface area contributed by atoms with Crippen LogP contribution in [0.25, 0.3) is 10.2 Å². The lowest BCUT2D eigenvalue weighted by atomic mass is 10.3. The van der Waals surface area contributed by atoms with Crippen molar-refractivity contribution in [1.29, 1.82) is 0 Å². The van der Waals surface area contributed by atoms with Crippen LogP contribution in [0.4, 0.5) is 11.5 Å². The molecule has 0 saturated carbocycles. The summed E-state index contributed by atoms with van der Waals surface area (Å²) in [7, 11) is -3.70. The van der Waals surface area contributed by atoms with Gasteiger partial charge in [0.2, 0.25) is 15.3 Å². The molecule has 0 aliphatic carbocycles. The minimum Gasteiger partial charge on any atom is -0.340 e. The zero-order valence-electron chi connectivity index (χ0n) is 11.4. The number of nitrogens with zero attached hydrogens (tertiary/aromatic N) is 2. The van der Waals surface area contributed by atoms with E-state index in [2.05, 4.69) is 15.3 Å². The Kier molecular flexibility index (Phi) is 3.77. The Morgan fingerprint density at radius 1 is 1.23 bits per heavy atom. The lowest BCUT2D eigenvalue weighted by molar-refractivity contribution is 0.598. The summed E-state index contributed by atoms with van der Waals surface area (Å²) < 4.78 is 22.5. The van der Waals surface area contributed by atoms with Crippen molar-refractivity contribution in [3.05, 3.63) is 40.5 Å². The SMILES string of the molecule is Cc1cc2c(Nc3ccc(S(N)(=O)=O)cc3)nc(Cl)nc2s1. The number of rotatable bonds is 3. The van der Waals surface area contributed by atoms with Gasteiger partial charge in [0.15, 0.2) is 0 Å². The van der Waals surface area contributed by atoms with Gasteiger partial charge in [-0.3, -0.25) is 0 Å². The van der Waals surface area contributed by atoms with E-state index in [0.29, 0.717) is 11.5 Å². The standard InChI is InChI=1S/C13H11ClN4O2S2/c1-7-6-10-11(17-13(14)18-12(10)21-7)16-8-2-4-9(5-3-8)22(15,19)20/h2-6H,1H3,(H2,15,19,20)(H,16,17,18). The van der Waals surface area contributed by atoms with Crippen LogP contribution in [-0.2, 0) is 10.0 Å². The summed E-state index contributed by atoms with van der Waals surface area (Å²) in [6, 6.07) is 8.05. The third kappa shape index (κ3) is 3.05. The lowest BCUT2D eigenvalue weighted by Gasteiger charge is -2.07. The average molecular weight is 355 g/mol. The Bertz CT molecular complexity index is 952. The monoisotopic (exact) mass is 354 g/mol. The van der Waals surface area contributed by atoms with Crippen LogP contribution in [0.1, 0.15) is 4.88 Å². The molecular weight excluding hydrogens is 344 g/mol. The maximum absolute atomic E-state index is 11.2. The van der Waals surface area contributed by atoms with Crippen molar-refractivity contribution < 1.29 is 8.42 Å². The Morgan fingerprint density at radius 3 is 2.55 bits per heavy atom. The van der Waals surface area contributed by atoms with Crippen LogP contribution in [0.2, 0.25) is 5.28 Å². The summed E-state index contributed by atoms with van der Waals surface area (Å²) >= 11 is 7.46. The number of hydrogen-bond donors (Lipinski definition) is 2. The predicted molar refractivity (Wildman–Crippen MR) is 88.3 cm³/mol. The van der Waals surface area contributed by atoms with E-state index < -0.39 is 10.0 Å². The van der Waals surface area contributed by atoms with E-state index in [4.69, 9.17) is 16.7 Å². The van der Waals surface area contributed by atoms with Gasteiger partial charge in [0.1, 0.15) is 10.6 Å². The lowest BCUT2D eigenvalue weighted by Crippen LogP contribution is -2.11. The van der Waals surface area contributed by atoms with Crippen LogP contribution in [0.3, 0.4) is 0 Å². The number of nitrogens with one attached hydrogen (secondary N) is 1. The van der Waals surface area contributed by atoms with Crippen LogP contribution in [-0.4, -0.2) is 18.4 Å². The van der Waals surface area contributed by atoms with Gasteiger partial charge >= 0.3 is 0 Å². The molecule has 0 atom stereocenters. The van der Waals surface area contributed by atoms with Gasteiger partial charge in [0.05, 0.1) is 10.3 Å². The van der Waals surface area contributed by atoms with E-state index in [1.54, 1.807) is 12.1 Å². The number of benzene rings is 1. The highest BCUT2D eigenvalue weighted by Crippen LogP contribution is 2.31. The predicted octanol–water partition coefficient (Wildman–Crippen LogP) is 3.04. The highest BCUT2D eigenvalue weighted by atomic mass is 35.5. The molecule has 3 N–H and O–H groups in total. The van der Waals surface area contributed by atoms with Gasteiger partial charge in [-0.2, -0.15) is 4.98 Å². The number of aryl methyl sites for hydroxylation is 1. The number of nitrogens with two attached hydrogens (primary N) is 1. The molecule has 0 bridgehead atoms. The van der Waals surface area contributed by atoms with Gasteiger partial charge in [-0.15, -0.1) is 11.3 Å². The molecule has 3 rings (SSSR count). The van der Waals surface area contributed by atoms with E-state index in [0.717, 1.165) is 15.1 Å². The normalized spacial score (nSPS) is 11.8. The quantitative estimate of drug-likeness (QED) is 0.704. The molecule has 6 nitrogen and oxygen atoms in total. The molecular formula is C13H11ClN4O2S2. The molecule has 0 spiro atoms. The second kappa shape index (κ2) is 5.47. The number of anilines is 2. The van der Waals surface area contributed by atoms with Gasteiger partial charge in [0, 0.05) is 10.6 Å². The Morgan fingerprint density at radius 2 is 1.91 bits per heavy atom. The molecule has 114 valence electrons. The Balaban J connectivity index is 1.99. The van der Waals surface area contributed by atoms with Crippen LogP contribution in [0.15, 0.2) is 35.2 Å². The number of sulfonamides is 1. The van der Waals surface area contributed by atoms with Crippen LogP contribution < -0.4 is 10.5 Å². The zero-order valence-corrected chi connectivity index (χ0v) is 13.8. The third-order valence-electron chi connectivity index (χ3n) is 2.93. The van der Waals surface area contributed by atoms with Crippen LogP contribution in [0.5, 0.6) is 0 Å². The first-order valence-electron chi connectivity index (χ1n) is 6.16. The summed E-state index contributed by atoms with van der Waals surface area (Å²) in [6.45, 7) is 1.98. The first-order chi connectivity index (χ1) is 10.3. The molecule has 0 saturated heterocycles. The van der Waals surface area contributed by atoms with Crippen molar-refractivity contribution in [3.8, 4) is 0 Å². The molecule has 3 aromatic rings. The van der Waals surface area contributed by atoms with E-state index in [-0.39, 0.29) is 10.2 Å². The van der Waals surface area contributed by atoms with E-state index in [1.807, 2.05) is 13.0 Å². The topological polar surface area (TPSA) is 98.0 Å². The molecule has 0 fully saturated rings. The van der Waals surface area contributed by atoms with Gasteiger partial charge in [-0.1, -0.05) is 0 Å². The first kappa shape index (κ1) is 15.2. The molecule has 0 unspecified atom stereocenters. The summed E-state index contributed by atoms with van der Waals surface area (Å²) in [4.78, 5) is 10.3. The molecule has 1 aromatic carbocycles. The first-order valence-corrected chi connectivity index (χ1v) is 8.90. The second-order valence-electron chi connectivity index (χ2n) is 4.61. The molecule has 0 amide bonds. The fraction of sp³-hybridized carbons (Fsp3) is 0.0769. The van der Waals surface area contributed by atoms with Crippen LogP contribution >= 0.6 is 22.9 Å². The minimum absolute atomic E-state index is 0.0512. The number of aromatic nitrogens is 2. The van der Waals surface area contributed by atoms with Crippen molar-refractivity contribution in [1.82, 2.24) is 9.97 Å². The summed E-state index contributed by atoms with van der Waals surface area (Å²) in [6.07, 6.45) is 0. The molecule has 9 heteroatoms. The molecule has 2 aromatic heterocycles. The number of hydrogen-bond acceptors (Lipinski definition) is 6. The minimum atomic E-state index is -3.70. The fourth-order valence-corrected chi connectivity index (χ4v) is 3.59. The van der Waals surface area contributed by atoms with E-state index in [9.17, 15) is 8.42 Å². The number of primary sulfonamides is 1. The maximum Gasteiger partial charge on any atom is 0.238 e. The molecule has 22 heavy (non-hydrogen) atoms. The molecule has 0 radical (unpaired) electrons. The Labute approximate surface area is 136 Å². The number of thiophene rings is 1. The average Bonchev–Trinajstić information content (AvgIpc) is 2.78. The fourth-order valence-electron chi connectivity index (χ4n) is 1.98. The second-order valence-corrected chi connectivity index (χ2v) is 7.75. The van der Waals surface area contributed by atoms with Gasteiger partial charge in [-0.05, 0) is 48.9 Å². The van der Waals surface area contributed by atoms with Crippen molar-refractivity contribution >= 4 is 54.7 Å². The van der Waals surface area contributed by atoms with E-state index >= 15 is 0 Å². The van der Waals surface area contributed by atoms with Crippen molar-refractivity contribution in [2.75, 3.05) is 5.32 Å². The highest BCUT2D eigenvalue weighted by molar-refractivity contribution is 7.89. The molecule has 2 heterocycles. The van der Waals surface area contributed by atoms with E-state index in [1.165, 1.54) is 23.5 Å². The third-order valence-corrected chi connectivity index (χ3v) is 4.98. The largest absolute Gasteiger partial charge is 0.340 e. The van der Waals surface area contributed by atoms with Gasteiger partial charge in [-0.25, -0.2) is 18.5 Å². The summed E-state index contributed by atoms with van der Waals surface area (Å²) in [5.41, 5.74) is 0.673. The van der Waals surface area contributed by atoms with Gasteiger partial charge in [0.25, 0.3) is 0 Å². The Hall–Kier alpha value is -1.74. The molecule has 0 aliphatic heterocycles. The van der Waals surface area contributed by atoms with Crippen molar-refractivity contribution in [2.24, 2.45) is 5.14 Å². The van der Waals surface area contributed by atoms with Crippen molar-refractivity contribution in [2.45, 2.75) is 11.8 Å². The van der Waals surface area contributed by atoms with Crippen molar-refractivity contribution in [3.63, 3.8) is 0 Å².